The lowest BCUT2D eigenvalue weighted by Crippen LogP contribution is -2.22. The van der Waals surface area contributed by atoms with Crippen LogP contribution in [0.4, 0.5) is 0 Å². The van der Waals surface area contributed by atoms with E-state index in [0.29, 0.717) is 12.5 Å². The van der Waals surface area contributed by atoms with Gasteiger partial charge in [-0.05, 0) is 26.7 Å². The van der Waals surface area contributed by atoms with Crippen LogP contribution in [0.3, 0.4) is 0 Å². The maximum absolute atomic E-state index is 5.69. The minimum atomic E-state index is 0.0388. The summed E-state index contributed by atoms with van der Waals surface area (Å²) < 4.78 is 2.00. The van der Waals surface area contributed by atoms with Crippen LogP contribution in [0, 0.1) is 0 Å². The molecule has 0 aliphatic rings. The zero-order valence-electron chi connectivity index (χ0n) is 9.83. The molecule has 1 rings (SSSR count). The molecule has 0 saturated heterocycles. The van der Waals surface area contributed by atoms with Crippen molar-refractivity contribution in [3.63, 3.8) is 0 Å². The summed E-state index contributed by atoms with van der Waals surface area (Å²) >= 11 is 0. The van der Waals surface area contributed by atoms with Gasteiger partial charge in [-0.3, -0.25) is 4.68 Å². The van der Waals surface area contributed by atoms with Crippen molar-refractivity contribution in [2.24, 2.45) is 5.73 Å². The average Bonchev–Trinajstić information content (AvgIpc) is 2.45. The van der Waals surface area contributed by atoms with E-state index in [1.165, 1.54) is 0 Å². The van der Waals surface area contributed by atoms with E-state index in [0.717, 1.165) is 11.3 Å². The first kappa shape index (κ1) is 11.2. The van der Waals surface area contributed by atoms with E-state index in [-0.39, 0.29) is 5.54 Å². The second-order valence-corrected chi connectivity index (χ2v) is 5.01. The van der Waals surface area contributed by atoms with Crippen molar-refractivity contribution in [1.82, 2.24) is 9.78 Å². The van der Waals surface area contributed by atoms with Gasteiger partial charge in [-0.2, -0.15) is 5.10 Å². The van der Waals surface area contributed by atoms with Gasteiger partial charge in [-0.25, -0.2) is 0 Å². The van der Waals surface area contributed by atoms with E-state index >= 15 is 0 Å². The molecule has 0 aliphatic heterocycles. The Morgan fingerprint density at radius 3 is 2.29 bits per heavy atom. The van der Waals surface area contributed by atoms with Gasteiger partial charge >= 0.3 is 0 Å². The molecule has 2 N–H and O–H groups in total. The van der Waals surface area contributed by atoms with Crippen LogP contribution in [0.2, 0.25) is 0 Å². The summed E-state index contributed by atoms with van der Waals surface area (Å²) in [5, 5.41) is 4.59. The van der Waals surface area contributed by atoms with Gasteiger partial charge in [0.25, 0.3) is 0 Å². The van der Waals surface area contributed by atoms with E-state index < -0.39 is 0 Å². The van der Waals surface area contributed by atoms with Gasteiger partial charge in [-0.15, -0.1) is 0 Å². The third-order valence-corrected chi connectivity index (χ3v) is 2.28. The first-order valence-electron chi connectivity index (χ1n) is 5.15. The van der Waals surface area contributed by atoms with Crippen LogP contribution in [-0.4, -0.2) is 9.78 Å². The van der Waals surface area contributed by atoms with Gasteiger partial charge in [0.1, 0.15) is 0 Å². The van der Waals surface area contributed by atoms with Gasteiger partial charge in [0.05, 0.1) is 11.2 Å². The number of hydrogen-bond donors (Lipinski definition) is 1. The molecule has 3 heteroatoms. The summed E-state index contributed by atoms with van der Waals surface area (Å²) in [7, 11) is 0. The Balaban J connectivity index is 3.13. The highest BCUT2D eigenvalue weighted by Gasteiger charge is 2.18. The molecular weight excluding hydrogens is 174 g/mol. The fourth-order valence-corrected chi connectivity index (χ4v) is 1.41. The normalized spacial score (nSPS) is 12.5. The SMILES string of the molecule is CC(C)c1nn(C(C)(C)C)cc1CN. The lowest BCUT2D eigenvalue weighted by atomic mass is 10.1. The number of nitrogens with zero attached hydrogens (tertiary/aromatic N) is 2. The van der Waals surface area contributed by atoms with Gasteiger partial charge in [0, 0.05) is 18.3 Å². The van der Waals surface area contributed by atoms with Crippen LogP contribution < -0.4 is 5.73 Å². The smallest absolute Gasteiger partial charge is 0.0695 e. The highest BCUT2D eigenvalue weighted by Crippen LogP contribution is 2.21. The van der Waals surface area contributed by atoms with Gasteiger partial charge < -0.3 is 5.73 Å². The van der Waals surface area contributed by atoms with E-state index in [4.69, 9.17) is 5.73 Å². The zero-order chi connectivity index (χ0) is 10.9. The van der Waals surface area contributed by atoms with Gasteiger partial charge in [0.15, 0.2) is 0 Å². The highest BCUT2D eigenvalue weighted by molar-refractivity contribution is 5.20. The first-order valence-corrected chi connectivity index (χ1v) is 5.15. The molecule has 1 aromatic heterocycles. The Morgan fingerprint density at radius 1 is 1.43 bits per heavy atom. The number of hydrogen-bond acceptors (Lipinski definition) is 2. The van der Waals surface area contributed by atoms with Gasteiger partial charge in [0.2, 0.25) is 0 Å². The summed E-state index contributed by atoms with van der Waals surface area (Å²) in [6.07, 6.45) is 2.06. The van der Waals surface area contributed by atoms with E-state index in [1.54, 1.807) is 0 Å². The number of nitrogens with two attached hydrogens (primary N) is 1. The van der Waals surface area contributed by atoms with Crippen molar-refractivity contribution in [1.29, 1.82) is 0 Å². The second-order valence-electron chi connectivity index (χ2n) is 5.01. The molecule has 0 aromatic carbocycles. The molecule has 80 valence electrons. The molecule has 0 radical (unpaired) electrons. The molecule has 0 spiro atoms. The summed E-state index contributed by atoms with van der Waals surface area (Å²) in [5.74, 6) is 0.442. The lowest BCUT2D eigenvalue weighted by molar-refractivity contribution is 0.352. The molecule has 0 amide bonds. The Morgan fingerprint density at radius 2 is 2.00 bits per heavy atom. The molecule has 0 atom stereocenters. The van der Waals surface area contributed by atoms with Gasteiger partial charge in [-0.1, -0.05) is 13.8 Å². The third kappa shape index (κ3) is 2.15. The molecule has 1 heterocycles. The van der Waals surface area contributed by atoms with E-state index in [1.807, 2.05) is 4.68 Å². The molecule has 0 aliphatic carbocycles. The quantitative estimate of drug-likeness (QED) is 0.786. The Kier molecular flexibility index (Phi) is 3.00. The van der Waals surface area contributed by atoms with Crippen LogP contribution in [0.1, 0.15) is 51.8 Å². The maximum atomic E-state index is 5.69. The molecule has 0 bridgehead atoms. The predicted molar refractivity (Wildman–Crippen MR) is 59.2 cm³/mol. The van der Waals surface area contributed by atoms with Crippen LogP contribution in [0.15, 0.2) is 6.20 Å². The maximum Gasteiger partial charge on any atom is 0.0695 e. The fraction of sp³-hybridized carbons (Fsp3) is 0.727. The molecular formula is C11H21N3. The standard InChI is InChI=1S/C11H21N3/c1-8(2)10-9(6-12)7-14(13-10)11(3,4)5/h7-8H,6,12H2,1-5H3. The predicted octanol–water partition coefficient (Wildman–Crippen LogP) is 2.22. The van der Waals surface area contributed by atoms with Crippen LogP contribution in [0.5, 0.6) is 0 Å². The fourth-order valence-electron chi connectivity index (χ4n) is 1.41. The average molecular weight is 195 g/mol. The van der Waals surface area contributed by atoms with Crippen molar-refractivity contribution in [3.8, 4) is 0 Å². The number of rotatable bonds is 2. The molecule has 1 aromatic rings. The van der Waals surface area contributed by atoms with Crippen molar-refractivity contribution in [2.75, 3.05) is 0 Å². The number of aromatic nitrogens is 2. The first-order chi connectivity index (χ1) is 6.36. The monoisotopic (exact) mass is 195 g/mol. The molecule has 3 nitrogen and oxygen atoms in total. The van der Waals surface area contributed by atoms with E-state index in [2.05, 4.69) is 45.9 Å². The van der Waals surface area contributed by atoms with Crippen molar-refractivity contribution < 1.29 is 0 Å². The Labute approximate surface area is 86.3 Å². The summed E-state index contributed by atoms with van der Waals surface area (Å²) in [6, 6.07) is 0. The molecule has 0 fully saturated rings. The van der Waals surface area contributed by atoms with Crippen LogP contribution in [0.25, 0.3) is 0 Å². The van der Waals surface area contributed by atoms with E-state index in [9.17, 15) is 0 Å². The Hall–Kier alpha value is -0.830. The summed E-state index contributed by atoms with van der Waals surface area (Å²) in [5.41, 5.74) is 8.02. The largest absolute Gasteiger partial charge is 0.326 e. The lowest BCUT2D eigenvalue weighted by Gasteiger charge is -2.19. The second kappa shape index (κ2) is 3.73. The van der Waals surface area contributed by atoms with Crippen molar-refractivity contribution in [2.45, 2.75) is 52.6 Å². The van der Waals surface area contributed by atoms with Crippen LogP contribution >= 0.6 is 0 Å². The molecule has 14 heavy (non-hydrogen) atoms. The van der Waals surface area contributed by atoms with Crippen LogP contribution in [-0.2, 0) is 12.1 Å². The minimum Gasteiger partial charge on any atom is -0.326 e. The highest BCUT2D eigenvalue weighted by atomic mass is 15.3. The minimum absolute atomic E-state index is 0.0388. The topological polar surface area (TPSA) is 43.8 Å². The third-order valence-electron chi connectivity index (χ3n) is 2.28. The summed E-state index contributed by atoms with van der Waals surface area (Å²) in [6.45, 7) is 11.3. The van der Waals surface area contributed by atoms with Crippen molar-refractivity contribution in [3.05, 3.63) is 17.5 Å². The molecule has 0 unspecified atom stereocenters. The zero-order valence-corrected chi connectivity index (χ0v) is 9.83. The van der Waals surface area contributed by atoms with Crippen molar-refractivity contribution >= 4 is 0 Å². The summed E-state index contributed by atoms with van der Waals surface area (Å²) in [4.78, 5) is 0. The molecule has 0 saturated carbocycles. The Bertz CT molecular complexity index is 305.